The number of hydrogen-bond acceptors (Lipinski definition) is 7. The molecule has 0 amide bonds. The highest BCUT2D eigenvalue weighted by Crippen LogP contribution is 2.36. The van der Waals surface area contributed by atoms with Crippen LogP contribution in [0.3, 0.4) is 0 Å². The largest absolute Gasteiger partial charge is 0.485 e. The molecule has 3 heterocycles. The monoisotopic (exact) mass is 334 g/mol. The van der Waals surface area contributed by atoms with Gasteiger partial charge in [-0.3, -0.25) is 0 Å². The normalized spacial score (nSPS) is 23.7. The minimum absolute atomic E-state index is 0.283. The van der Waals surface area contributed by atoms with E-state index in [4.69, 9.17) is 18.6 Å². The molecule has 0 bridgehead atoms. The lowest BCUT2D eigenvalue weighted by atomic mass is 10.1. The van der Waals surface area contributed by atoms with E-state index in [9.17, 15) is 0 Å². The first kappa shape index (κ1) is 14.8. The Kier molecular flexibility index (Phi) is 4.39. The van der Waals surface area contributed by atoms with Crippen molar-refractivity contribution in [1.82, 2.24) is 10.2 Å². The second kappa shape index (κ2) is 6.80. The van der Waals surface area contributed by atoms with Crippen LogP contribution >= 0.6 is 11.8 Å². The Morgan fingerprint density at radius 2 is 2.04 bits per heavy atom. The van der Waals surface area contributed by atoms with Gasteiger partial charge in [0.1, 0.15) is 6.61 Å². The van der Waals surface area contributed by atoms with E-state index in [0.29, 0.717) is 23.5 Å². The molecule has 1 fully saturated rings. The number of hydrogen-bond donors (Lipinski definition) is 0. The Morgan fingerprint density at radius 3 is 2.91 bits per heavy atom. The molecule has 0 spiro atoms. The summed E-state index contributed by atoms with van der Waals surface area (Å²) < 4.78 is 23.0. The lowest BCUT2D eigenvalue weighted by molar-refractivity contribution is 0.0314. The molecule has 2 aromatic rings. The van der Waals surface area contributed by atoms with Gasteiger partial charge in [-0.1, -0.05) is 23.9 Å². The van der Waals surface area contributed by atoms with Gasteiger partial charge < -0.3 is 18.6 Å². The van der Waals surface area contributed by atoms with E-state index in [1.54, 1.807) is 0 Å². The average molecular weight is 334 g/mol. The van der Waals surface area contributed by atoms with Gasteiger partial charge in [-0.25, -0.2) is 0 Å². The molecule has 0 radical (unpaired) electrons. The maximum atomic E-state index is 5.87. The Labute approximate surface area is 138 Å². The van der Waals surface area contributed by atoms with Gasteiger partial charge >= 0.3 is 0 Å². The quantitative estimate of drug-likeness (QED) is 0.795. The smallest absolute Gasteiger partial charge is 0.276 e. The zero-order valence-electron chi connectivity index (χ0n) is 12.6. The topological polar surface area (TPSA) is 66.6 Å². The maximum absolute atomic E-state index is 5.87. The minimum atomic E-state index is -0.363. The van der Waals surface area contributed by atoms with Crippen LogP contribution in [-0.4, -0.2) is 35.3 Å². The summed E-state index contributed by atoms with van der Waals surface area (Å²) in [6.45, 7) is 1.22. The summed E-state index contributed by atoms with van der Waals surface area (Å²) in [5.74, 6) is 2.73. The van der Waals surface area contributed by atoms with Crippen molar-refractivity contribution < 1.29 is 18.6 Å². The fraction of sp³-hybridized carbons (Fsp3) is 0.500. The van der Waals surface area contributed by atoms with Crippen LogP contribution < -0.4 is 9.47 Å². The third-order valence-electron chi connectivity index (χ3n) is 3.87. The van der Waals surface area contributed by atoms with Gasteiger partial charge in [0.15, 0.2) is 11.5 Å². The predicted octanol–water partition coefficient (Wildman–Crippen LogP) is 3.24. The summed E-state index contributed by atoms with van der Waals surface area (Å²) >= 11 is 1.54. The SMILES string of the molecule is c1ccc2c(c1)OC[C@H](c1nnc(SC[C@@H]3CCCCO3)o1)O2. The fourth-order valence-electron chi connectivity index (χ4n) is 2.65. The van der Waals surface area contributed by atoms with Crippen LogP contribution in [0.15, 0.2) is 33.9 Å². The van der Waals surface area contributed by atoms with Crippen LogP contribution in [0, 0.1) is 0 Å². The molecular weight excluding hydrogens is 316 g/mol. The van der Waals surface area contributed by atoms with E-state index >= 15 is 0 Å². The minimum Gasteiger partial charge on any atom is -0.485 e. The van der Waals surface area contributed by atoms with Crippen LogP contribution in [0.2, 0.25) is 0 Å². The summed E-state index contributed by atoms with van der Waals surface area (Å²) in [6, 6.07) is 7.57. The highest BCUT2D eigenvalue weighted by molar-refractivity contribution is 7.99. The summed E-state index contributed by atoms with van der Waals surface area (Å²) in [5, 5.41) is 8.73. The van der Waals surface area contributed by atoms with Crippen LogP contribution in [0.4, 0.5) is 0 Å². The van der Waals surface area contributed by atoms with Crippen molar-refractivity contribution >= 4 is 11.8 Å². The lowest BCUT2D eigenvalue weighted by Crippen LogP contribution is -2.21. The Bertz CT molecular complexity index is 657. The second-order valence-corrected chi connectivity index (χ2v) is 6.54. The van der Waals surface area contributed by atoms with E-state index in [2.05, 4.69) is 10.2 Å². The van der Waals surface area contributed by atoms with E-state index in [0.717, 1.165) is 31.0 Å². The average Bonchev–Trinajstić information content (AvgIpc) is 3.09. The van der Waals surface area contributed by atoms with Crippen LogP contribution in [0.25, 0.3) is 0 Å². The molecule has 23 heavy (non-hydrogen) atoms. The Morgan fingerprint density at radius 1 is 1.13 bits per heavy atom. The van der Waals surface area contributed by atoms with Crippen LogP contribution in [0.5, 0.6) is 11.5 Å². The summed E-state index contributed by atoms with van der Waals surface area (Å²) in [5.41, 5.74) is 0. The number of aromatic nitrogens is 2. The highest BCUT2D eigenvalue weighted by atomic mass is 32.2. The zero-order chi connectivity index (χ0) is 15.5. The van der Waals surface area contributed by atoms with Crippen molar-refractivity contribution in [2.75, 3.05) is 19.0 Å². The Hall–Kier alpha value is -1.73. The van der Waals surface area contributed by atoms with E-state index < -0.39 is 0 Å². The summed E-state index contributed by atoms with van der Waals surface area (Å²) in [6.07, 6.45) is 3.41. The number of thioether (sulfide) groups is 1. The number of ether oxygens (including phenoxy) is 3. The number of fused-ring (bicyclic) bond motifs is 1. The van der Waals surface area contributed by atoms with Crippen LogP contribution in [0.1, 0.15) is 31.3 Å². The van der Waals surface area contributed by atoms with Gasteiger partial charge in [-0.2, -0.15) is 0 Å². The standard InChI is InChI=1S/C16H18N2O4S/c1-2-7-13-12(6-1)20-9-14(21-13)15-17-18-16(22-15)23-10-11-5-3-4-8-19-11/h1-2,6-7,11,14H,3-5,8-10H2/t11-,14+/m0/s1. The first-order valence-electron chi connectivity index (χ1n) is 7.85. The molecule has 1 saturated heterocycles. The molecule has 4 rings (SSSR count). The third-order valence-corrected chi connectivity index (χ3v) is 4.82. The highest BCUT2D eigenvalue weighted by Gasteiger charge is 2.27. The maximum Gasteiger partial charge on any atom is 0.276 e. The number of benzene rings is 1. The van der Waals surface area contributed by atoms with Gasteiger partial charge in [0.25, 0.3) is 11.1 Å². The predicted molar refractivity (Wildman–Crippen MR) is 83.9 cm³/mol. The summed E-state index contributed by atoms with van der Waals surface area (Å²) in [7, 11) is 0. The molecule has 2 atom stereocenters. The van der Waals surface area contributed by atoms with Gasteiger partial charge in [-0.05, 0) is 31.4 Å². The second-order valence-electron chi connectivity index (χ2n) is 5.57. The van der Waals surface area contributed by atoms with Crippen molar-refractivity contribution in [1.29, 1.82) is 0 Å². The molecule has 2 aliphatic rings. The van der Waals surface area contributed by atoms with Crippen molar-refractivity contribution in [2.45, 2.75) is 36.7 Å². The molecule has 2 aliphatic heterocycles. The molecule has 6 nitrogen and oxygen atoms in total. The van der Waals surface area contributed by atoms with Gasteiger partial charge in [-0.15, -0.1) is 10.2 Å². The van der Waals surface area contributed by atoms with Crippen molar-refractivity contribution in [3.8, 4) is 11.5 Å². The third kappa shape index (κ3) is 3.45. The van der Waals surface area contributed by atoms with E-state index in [1.165, 1.54) is 18.2 Å². The molecular formula is C16H18N2O4S. The molecule has 1 aromatic carbocycles. The van der Waals surface area contributed by atoms with Crippen molar-refractivity contribution in [2.24, 2.45) is 0 Å². The molecule has 122 valence electrons. The fourth-order valence-corrected chi connectivity index (χ4v) is 3.49. The number of rotatable bonds is 4. The molecule has 1 aromatic heterocycles. The van der Waals surface area contributed by atoms with Gasteiger partial charge in [0, 0.05) is 12.4 Å². The summed E-state index contributed by atoms with van der Waals surface area (Å²) in [4.78, 5) is 0. The number of nitrogens with zero attached hydrogens (tertiary/aromatic N) is 2. The van der Waals surface area contributed by atoms with Crippen LogP contribution in [-0.2, 0) is 4.74 Å². The van der Waals surface area contributed by atoms with Crippen molar-refractivity contribution in [3.05, 3.63) is 30.2 Å². The lowest BCUT2D eigenvalue weighted by Gasteiger charge is -2.23. The molecule has 0 aliphatic carbocycles. The van der Waals surface area contributed by atoms with E-state index in [-0.39, 0.29) is 12.2 Å². The first-order valence-corrected chi connectivity index (χ1v) is 8.83. The Balaban J connectivity index is 1.36. The van der Waals surface area contributed by atoms with Gasteiger partial charge in [0.05, 0.1) is 6.10 Å². The molecule has 7 heteroatoms. The van der Waals surface area contributed by atoms with Crippen molar-refractivity contribution in [3.63, 3.8) is 0 Å². The van der Waals surface area contributed by atoms with E-state index in [1.807, 2.05) is 24.3 Å². The molecule has 0 saturated carbocycles. The molecule has 0 N–H and O–H groups in total. The number of para-hydroxylation sites is 2. The first-order chi connectivity index (χ1) is 11.4. The molecule has 0 unspecified atom stereocenters. The van der Waals surface area contributed by atoms with Gasteiger partial charge in [0.2, 0.25) is 6.10 Å². The zero-order valence-corrected chi connectivity index (χ0v) is 13.5.